The van der Waals surface area contributed by atoms with E-state index in [-0.39, 0.29) is 5.69 Å². The van der Waals surface area contributed by atoms with Crippen LogP contribution in [0.4, 0.5) is 11.5 Å². The summed E-state index contributed by atoms with van der Waals surface area (Å²) in [5, 5.41) is 25.8. The maximum atomic E-state index is 11.2. The molecule has 20 heavy (non-hydrogen) atoms. The molecule has 1 N–H and O–H groups in total. The lowest BCUT2D eigenvalue weighted by molar-refractivity contribution is -0.384. The molecule has 112 valence electrons. The number of anilines is 1. The van der Waals surface area contributed by atoms with E-state index >= 15 is 0 Å². The molecule has 0 atom stereocenters. The molecule has 0 unspecified atom stereocenters. The number of aryl methyl sites for hydroxylation is 2. The molecule has 8 heteroatoms. The normalized spacial score (nSPS) is 18.0. The fourth-order valence-corrected chi connectivity index (χ4v) is 2.70. The van der Waals surface area contributed by atoms with Gasteiger partial charge in [0.25, 0.3) is 0 Å². The van der Waals surface area contributed by atoms with E-state index in [2.05, 4.69) is 5.10 Å². The third kappa shape index (κ3) is 2.75. The molecular formula is C12H20N4O4. The van der Waals surface area contributed by atoms with Crippen LogP contribution in [0.3, 0.4) is 0 Å². The summed E-state index contributed by atoms with van der Waals surface area (Å²) in [5.74, 6) is 0.410. The molecule has 1 saturated heterocycles. The molecule has 1 aromatic rings. The molecule has 0 spiro atoms. The van der Waals surface area contributed by atoms with Gasteiger partial charge in [-0.25, -0.2) is 4.68 Å². The van der Waals surface area contributed by atoms with Crippen LogP contribution in [0.2, 0.25) is 0 Å². The second-order valence-corrected chi connectivity index (χ2v) is 5.33. The van der Waals surface area contributed by atoms with Crippen molar-refractivity contribution >= 4 is 11.5 Å². The lowest BCUT2D eigenvalue weighted by Gasteiger charge is -2.35. The monoisotopic (exact) mass is 284 g/mol. The standard InChI is InChI=1S/C12H20N4O4/c1-9-10(16(18)19)11(15(3)13-9)14(2)8-12(17)4-6-20-7-5-12/h17H,4-8H2,1-3H3. The molecule has 1 aromatic heterocycles. The molecular weight excluding hydrogens is 264 g/mol. The van der Waals surface area contributed by atoms with Crippen LogP contribution in [-0.4, -0.2) is 52.2 Å². The zero-order valence-electron chi connectivity index (χ0n) is 12.0. The molecule has 2 heterocycles. The molecule has 1 aliphatic heterocycles. The number of hydrogen-bond acceptors (Lipinski definition) is 6. The first-order valence-corrected chi connectivity index (χ1v) is 6.53. The van der Waals surface area contributed by atoms with Crippen molar-refractivity contribution in [2.24, 2.45) is 7.05 Å². The molecule has 0 aromatic carbocycles. The molecule has 1 fully saturated rings. The first kappa shape index (κ1) is 14.7. The van der Waals surface area contributed by atoms with Gasteiger partial charge in [-0.2, -0.15) is 5.10 Å². The zero-order valence-corrected chi connectivity index (χ0v) is 12.0. The number of nitro groups is 1. The number of rotatable bonds is 4. The van der Waals surface area contributed by atoms with E-state index in [1.165, 1.54) is 4.68 Å². The van der Waals surface area contributed by atoms with E-state index in [4.69, 9.17) is 4.74 Å². The number of nitrogens with zero attached hydrogens (tertiary/aromatic N) is 4. The largest absolute Gasteiger partial charge is 0.388 e. The zero-order chi connectivity index (χ0) is 14.9. The quantitative estimate of drug-likeness (QED) is 0.643. The van der Waals surface area contributed by atoms with Gasteiger partial charge in [-0.15, -0.1) is 0 Å². The molecule has 8 nitrogen and oxygen atoms in total. The highest BCUT2D eigenvalue weighted by Crippen LogP contribution is 2.32. The summed E-state index contributed by atoms with van der Waals surface area (Å²) in [6.07, 6.45) is 1.06. The van der Waals surface area contributed by atoms with Gasteiger partial charge >= 0.3 is 5.69 Å². The van der Waals surface area contributed by atoms with Gasteiger partial charge in [-0.05, 0) is 6.92 Å². The van der Waals surface area contributed by atoms with Crippen LogP contribution in [-0.2, 0) is 11.8 Å². The summed E-state index contributed by atoms with van der Waals surface area (Å²) in [7, 11) is 3.40. The second-order valence-electron chi connectivity index (χ2n) is 5.33. The van der Waals surface area contributed by atoms with Gasteiger partial charge < -0.3 is 14.7 Å². The first-order valence-electron chi connectivity index (χ1n) is 6.53. The van der Waals surface area contributed by atoms with E-state index in [1.54, 1.807) is 25.9 Å². The fourth-order valence-electron chi connectivity index (χ4n) is 2.70. The Labute approximate surface area is 117 Å². The number of ether oxygens (including phenoxy) is 1. The topological polar surface area (TPSA) is 93.7 Å². The Kier molecular flexibility index (Phi) is 3.96. The molecule has 0 radical (unpaired) electrons. The Morgan fingerprint density at radius 1 is 1.55 bits per heavy atom. The van der Waals surface area contributed by atoms with Gasteiger partial charge in [0.05, 0.1) is 10.5 Å². The molecule has 0 amide bonds. The van der Waals surface area contributed by atoms with Crippen LogP contribution in [0.15, 0.2) is 0 Å². The van der Waals surface area contributed by atoms with Gasteiger partial charge in [0.2, 0.25) is 5.82 Å². The van der Waals surface area contributed by atoms with Crippen molar-refractivity contribution in [2.45, 2.75) is 25.4 Å². The minimum absolute atomic E-state index is 0.00865. The van der Waals surface area contributed by atoms with Gasteiger partial charge in [-0.1, -0.05) is 0 Å². The number of likely N-dealkylation sites (N-methyl/N-ethyl adjacent to an activating group) is 1. The summed E-state index contributed by atoms with van der Waals surface area (Å²) in [6.45, 7) is 2.95. The molecule has 0 saturated carbocycles. The van der Waals surface area contributed by atoms with Crippen LogP contribution < -0.4 is 4.90 Å². The predicted molar refractivity (Wildman–Crippen MR) is 72.9 cm³/mol. The average Bonchev–Trinajstić information content (AvgIpc) is 2.64. The van der Waals surface area contributed by atoms with Crippen molar-refractivity contribution in [2.75, 3.05) is 31.7 Å². The van der Waals surface area contributed by atoms with E-state index < -0.39 is 10.5 Å². The summed E-state index contributed by atoms with van der Waals surface area (Å²) >= 11 is 0. The highest BCUT2D eigenvalue weighted by atomic mass is 16.6. The maximum absolute atomic E-state index is 11.2. The summed E-state index contributed by atoms with van der Waals surface area (Å²) in [4.78, 5) is 12.4. The fraction of sp³-hybridized carbons (Fsp3) is 0.750. The van der Waals surface area contributed by atoms with Crippen molar-refractivity contribution in [1.29, 1.82) is 0 Å². The Bertz CT molecular complexity index is 508. The lowest BCUT2D eigenvalue weighted by atomic mass is 9.94. The third-order valence-electron chi connectivity index (χ3n) is 3.66. The highest BCUT2D eigenvalue weighted by Gasteiger charge is 2.34. The van der Waals surface area contributed by atoms with Crippen LogP contribution in [0.1, 0.15) is 18.5 Å². The Morgan fingerprint density at radius 3 is 2.70 bits per heavy atom. The van der Waals surface area contributed by atoms with Crippen LogP contribution >= 0.6 is 0 Å². The summed E-state index contributed by atoms with van der Waals surface area (Å²) in [5.41, 5.74) is -0.511. The Balaban J connectivity index is 2.25. The average molecular weight is 284 g/mol. The minimum atomic E-state index is -0.876. The Morgan fingerprint density at radius 2 is 2.15 bits per heavy atom. The Hall–Kier alpha value is -1.67. The second kappa shape index (κ2) is 5.37. The van der Waals surface area contributed by atoms with Crippen molar-refractivity contribution in [3.05, 3.63) is 15.8 Å². The van der Waals surface area contributed by atoms with E-state index in [0.717, 1.165) is 0 Å². The SMILES string of the molecule is Cc1nn(C)c(N(C)CC2(O)CCOCC2)c1[N+](=O)[O-]. The van der Waals surface area contributed by atoms with E-state index in [0.29, 0.717) is 44.1 Å². The third-order valence-corrected chi connectivity index (χ3v) is 3.66. The number of aromatic nitrogens is 2. The predicted octanol–water partition coefficient (Wildman–Crippen LogP) is 0.614. The maximum Gasteiger partial charge on any atom is 0.333 e. The number of hydrogen-bond donors (Lipinski definition) is 1. The van der Waals surface area contributed by atoms with Crippen molar-refractivity contribution < 1.29 is 14.8 Å². The lowest BCUT2D eigenvalue weighted by Crippen LogP contribution is -2.46. The van der Waals surface area contributed by atoms with Gasteiger partial charge in [0, 0.05) is 46.7 Å². The highest BCUT2D eigenvalue weighted by molar-refractivity contribution is 5.61. The molecule has 2 rings (SSSR count). The first-order chi connectivity index (χ1) is 9.34. The molecule has 0 aliphatic carbocycles. The van der Waals surface area contributed by atoms with Crippen LogP contribution in [0.25, 0.3) is 0 Å². The van der Waals surface area contributed by atoms with E-state index in [1.807, 2.05) is 0 Å². The minimum Gasteiger partial charge on any atom is -0.388 e. The van der Waals surface area contributed by atoms with Gasteiger partial charge in [-0.3, -0.25) is 10.1 Å². The van der Waals surface area contributed by atoms with Crippen LogP contribution in [0, 0.1) is 17.0 Å². The van der Waals surface area contributed by atoms with E-state index in [9.17, 15) is 15.2 Å². The smallest absolute Gasteiger partial charge is 0.333 e. The van der Waals surface area contributed by atoms with Crippen molar-refractivity contribution in [3.63, 3.8) is 0 Å². The van der Waals surface area contributed by atoms with Crippen molar-refractivity contribution in [1.82, 2.24) is 9.78 Å². The number of aliphatic hydroxyl groups is 1. The molecule has 1 aliphatic rings. The van der Waals surface area contributed by atoms with Crippen LogP contribution in [0.5, 0.6) is 0 Å². The van der Waals surface area contributed by atoms with Gasteiger partial charge in [0.15, 0.2) is 0 Å². The summed E-state index contributed by atoms with van der Waals surface area (Å²) in [6, 6.07) is 0. The molecule has 0 bridgehead atoms. The van der Waals surface area contributed by atoms with Crippen molar-refractivity contribution in [3.8, 4) is 0 Å². The van der Waals surface area contributed by atoms with Gasteiger partial charge in [0.1, 0.15) is 5.69 Å². The summed E-state index contributed by atoms with van der Waals surface area (Å²) < 4.78 is 6.72.